The third kappa shape index (κ3) is 1.57. The molecule has 0 radical (unpaired) electrons. The molecular weight excluding hydrogens is 224 g/mol. The minimum absolute atomic E-state index is 0.269. The lowest BCUT2D eigenvalue weighted by molar-refractivity contribution is -0.133. The molecule has 0 aromatic carbocycles. The third-order valence-corrected chi connectivity index (χ3v) is 6.33. The summed E-state index contributed by atoms with van der Waals surface area (Å²) in [5.41, 5.74) is 0.699. The van der Waals surface area contributed by atoms with Crippen LogP contribution < -0.4 is 0 Å². The van der Waals surface area contributed by atoms with E-state index >= 15 is 0 Å². The number of hydrogen-bond acceptors (Lipinski definition) is 1. The van der Waals surface area contributed by atoms with Gasteiger partial charge in [0.2, 0.25) is 0 Å². The Morgan fingerprint density at radius 3 is 2.78 bits per heavy atom. The van der Waals surface area contributed by atoms with Crippen molar-refractivity contribution in [3.63, 3.8) is 0 Å². The van der Waals surface area contributed by atoms with Crippen LogP contribution in [0.4, 0.5) is 0 Å². The fourth-order valence-electron chi connectivity index (χ4n) is 5.63. The number of fused-ring (bicyclic) bond motifs is 5. The molecule has 100 valence electrons. The first kappa shape index (κ1) is 12.3. The van der Waals surface area contributed by atoms with Crippen molar-refractivity contribution in [2.45, 2.75) is 51.9 Å². The molecule has 0 aromatic rings. The predicted octanol–water partition coefficient (Wildman–Crippen LogP) is 3.87. The van der Waals surface area contributed by atoms with E-state index in [1.54, 1.807) is 0 Å². The zero-order chi connectivity index (χ0) is 12.9. The molecule has 2 nitrogen and oxygen atoms in total. The summed E-state index contributed by atoms with van der Waals surface area (Å²) in [5.74, 6) is 2.77. The Balaban J connectivity index is 1.82. The average Bonchev–Trinajstić information content (AvgIpc) is 2.99. The maximum atomic E-state index is 11.1. The van der Waals surface area contributed by atoms with E-state index in [0.717, 1.165) is 36.5 Å². The minimum Gasteiger partial charge on any atom is -0.478 e. The largest absolute Gasteiger partial charge is 0.478 e. The maximum absolute atomic E-state index is 11.1. The van der Waals surface area contributed by atoms with Gasteiger partial charge in [0.1, 0.15) is 0 Å². The molecule has 0 heterocycles. The van der Waals surface area contributed by atoms with Crippen molar-refractivity contribution in [3.8, 4) is 0 Å². The van der Waals surface area contributed by atoms with Crippen LogP contribution in [0.1, 0.15) is 51.9 Å². The molecule has 5 atom stereocenters. The van der Waals surface area contributed by atoms with Crippen LogP contribution in [0.3, 0.4) is 0 Å². The molecule has 3 saturated carbocycles. The molecule has 5 unspecified atom stereocenters. The average molecular weight is 248 g/mol. The van der Waals surface area contributed by atoms with E-state index in [1.165, 1.54) is 32.1 Å². The van der Waals surface area contributed by atoms with E-state index in [9.17, 15) is 4.79 Å². The van der Waals surface area contributed by atoms with E-state index in [2.05, 4.69) is 13.5 Å². The molecule has 3 rings (SSSR count). The van der Waals surface area contributed by atoms with Gasteiger partial charge in [-0.1, -0.05) is 19.9 Å². The lowest BCUT2D eigenvalue weighted by Gasteiger charge is -2.43. The Bertz CT molecular complexity index is 387. The maximum Gasteiger partial charge on any atom is 0.330 e. The van der Waals surface area contributed by atoms with Gasteiger partial charge < -0.3 is 5.11 Å². The monoisotopic (exact) mass is 248 g/mol. The Morgan fingerprint density at radius 2 is 2.11 bits per heavy atom. The Labute approximate surface area is 109 Å². The second-order valence-corrected chi connectivity index (χ2v) is 6.87. The molecular formula is C16H24O2. The van der Waals surface area contributed by atoms with Crippen LogP contribution in [0.5, 0.6) is 0 Å². The summed E-state index contributed by atoms with van der Waals surface area (Å²) in [6.45, 7) is 6.03. The van der Waals surface area contributed by atoms with Gasteiger partial charge in [-0.05, 0) is 67.6 Å². The highest BCUT2D eigenvalue weighted by Crippen LogP contribution is 2.68. The van der Waals surface area contributed by atoms with Crippen LogP contribution >= 0.6 is 0 Å². The fraction of sp³-hybridized carbons (Fsp3) is 0.812. The second-order valence-electron chi connectivity index (χ2n) is 6.87. The van der Waals surface area contributed by atoms with Crippen LogP contribution in [0.25, 0.3) is 0 Å². The van der Waals surface area contributed by atoms with Crippen LogP contribution in [0.15, 0.2) is 12.2 Å². The van der Waals surface area contributed by atoms with Crippen LogP contribution in [0.2, 0.25) is 0 Å². The number of carboxylic acid groups (broad SMARTS) is 1. The minimum atomic E-state index is -0.798. The number of rotatable bonds is 4. The molecule has 0 aromatic heterocycles. The van der Waals surface area contributed by atoms with Gasteiger partial charge in [0, 0.05) is 5.57 Å². The first-order valence-electron chi connectivity index (χ1n) is 7.48. The van der Waals surface area contributed by atoms with Crippen molar-refractivity contribution in [1.29, 1.82) is 0 Å². The van der Waals surface area contributed by atoms with Gasteiger partial charge >= 0.3 is 5.97 Å². The molecule has 2 bridgehead atoms. The SMILES string of the molecule is C=C(CC1(CC)CC2CC1C1CCCC21)C(=O)O. The molecule has 3 aliphatic rings. The van der Waals surface area contributed by atoms with Crippen molar-refractivity contribution in [2.75, 3.05) is 0 Å². The Kier molecular flexibility index (Phi) is 2.80. The lowest BCUT2D eigenvalue weighted by atomic mass is 9.62. The lowest BCUT2D eigenvalue weighted by Crippen LogP contribution is -2.35. The van der Waals surface area contributed by atoms with Crippen molar-refractivity contribution in [3.05, 3.63) is 12.2 Å². The normalized spacial score (nSPS) is 45.2. The molecule has 3 fully saturated rings. The van der Waals surface area contributed by atoms with Crippen LogP contribution in [-0.2, 0) is 4.79 Å². The van der Waals surface area contributed by atoms with E-state index < -0.39 is 5.97 Å². The predicted molar refractivity (Wildman–Crippen MR) is 71.2 cm³/mol. The zero-order valence-corrected chi connectivity index (χ0v) is 11.3. The quantitative estimate of drug-likeness (QED) is 0.767. The molecule has 0 aliphatic heterocycles. The van der Waals surface area contributed by atoms with Gasteiger partial charge in [-0.15, -0.1) is 0 Å². The molecule has 0 amide bonds. The highest BCUT2D eigenvalue weighted by molar-refractivity contribution is 5.85. The summed E-state index contributed by atoms with van der Waals surface area (Å²) in [4.78, 5) is 11.1. The molecule has 2 heteroatoms. The van der Waals surface area contributed by atoms with Gasteiger partial charge in [-0.3, -0.25) is 0 Å². The molecule has 18 heavy (non-hydrogen) atoms. The first-order valence-corrected chi connectivity index (χ1v) is 7.48. The Hall–Kier alpha value is -0.790. The van der Waals surface area contributed by atoms with Gasteiger partial charge in [0.15, 0.2) is 0 Å². The summed E-state index contributed by atoms with van der Waals surface area (Å²) in [5, 5.41) is 9.11. The summed E-state index contributed by atoms with van der Waals surface area (Å²) in [6.07, 6.45) is 8.73. The van der Waals surface area contributed by atoms with E-state index in [4.69, 9.17) is 5.11 Å². The zero-order valence-electron chi connectivity index (χ0n) is 11.3. The topological polar surface area (TPSA) is 37.3 Å². The van der Waals surface area contributed by atoms with E-state index in [1.807, 2.05) is 0 Å². The first-order chi connectivity index (χ1) is 8.57. The van der Waals surface area contributed by atoms with Gasteiger partial charge in [0.25, 0.3) is 0 Å². The third-order valence-electron chi connectivity index (χ3n) is 6.33. The van der Waals surface area contributed by atoms with Crippen LogP contribution in [-0.4, -0.2) is 11.1 Å². The second kappa shape index (κ2) is 4.11. The van der Waals surface area contributed by atoms with Gasteiger partial charge in [-0.25, -0.2) is 4.79 Å². The molecule has 3 aliphatic carbocycles. The Morgan fingerprint density at radius 1 is 1.39 bits per heavy atom. The highest BCUT2D eigenvalue weighted by atomic mass is 16.4. The highest BCUT2D eigenvalue weighted by Gasteiger charge is 2.59. The number of carboxylic acids is 1. The van der Waals surface area contributed by atoms with Crippen molar-refractivity contribution < 1.29 is 9.90 Å². The number of carbonyl (C=O) groups is 1. The van der Waals surface area contributed by atoms with Gasteiger partial charge in [-0.2, -0.15) is 0 Å². The number of aliphatic carboxylic acids is 1. The van der Waals surface area contributed by atoms with Crippen molar-refractivity contribution in [1.82, 2.24) is 0 Å². The molecule has 1 N–H and O–H groups in total. The molecule has 0 saturated heterocycles. The van der Waals surface area contributed by atoms with Crippen molar-refractivity contribution >= 4 is 5.97 Å². The van der Waals surface area contributed by atoms with Crippen LogP contribution in [0, 0.1) is 29.1 Å². The number of hydrogen-bond donors (Lipinski definition) is 1. The van der Waals surface area contributed by atoms with E-state index in [0.29, 0.717) is 5.57 Å². The van der Waals surface area contributed by atoms with E-state index in [-0.39, 0.29) is 5.41 Å². The molecule has 0 spiro atoms. The summed E-state index contributed by atoms with van der Waals surface area (Å²) in [6, 6.07) is 0. The summed E-state index contributed by atoms with van der Waals surface area (Å²) < 4.78 is 0. The standard InChI is InChI=1S/C16H24O2/c1-3-16(8-10(2)15(17)18)9-11-7-14(16)13-6-4-5-12(11)13/h11-14H,2-9H2,1H3,(H,17,18). The summed E-state index contributed by atoms with van der Waals surface area (Å²) in [7, 11) is 0. The summed E-state index contributed by atoms with van der Waals surface area (Å²) >= 11 is 0. The fourth-order valence-corrected chi connectivity index (χ4v) is 5.63. The van der Waals surface area contributed by atoms with Crippen molar-refractivity contribution in [2.24, 2.45) is 29.1 Å². The van der Waals surface area contributed by atoms with Gasteiger partial charge in [0.05, 0.1) is 0 Å². The smallest absolute Gasteiger partial charge is 0.330 e.